The van der Waals surface area contributed by atoms with Crippen molar-refractivity contribution in [1.29, 1.82) is 0 Å². The molecule has 0 aromatic heterocycles. The first-order chi connectivity index (χ1) is 16.4. The minimum absolute atomic E-state index is 0.0741. The largest absolute Gasteiger partial charge is 0.493 e. The van der Waals surface area contributed by atoms with Gasteiger partial charge in [0.25, 0.3) is 0 Å². The van der Waals surface area contributed by atoms with Crippen LogP contribution in [0.25, 0.3) is 0 Å². The second kappa shape index (κ2) is 11.9. The van der Waals surface area contributed by atoms with Crippen LogP contribution in [0.5, 0.6) is 11.5 Å². The molecule has 1 saturated heterocycles. The monoisotopic (exact) mass is 468 g/mol. The van der Waals surface area contributed by atoms with Gasteiger partial charge in [0.15, 0.2) is 11.5 Å². The lowest BCUT2D eigenvalue weighted by molar-refractivity contribution is -0.128. The Morgan fingerprint density at radius 3 is 2.29 bits per heavy atom. The van der Waals surface area contributed by atoms with E-state index in [0.29, 0.717) is 43.9 Å². The van der Waals surface area contributed by atoms with Crippen LogP contribution >= 0.6 is 0 Å². The van der Waals surface area contributed by atoms with Crippen LogP contribution in [0.15, 0.2) is 48.5 Å². The molecular formula is C25H32N4O5. The summed E-state index contributed by atoms with van der Waals surface area (Å²) in [5.74, 6) is 0.614. The number of nitrogens with one attached hydrogen (secondary N) is 3. The van der Waals surface area contributed by atoms with Crippen molar-refractivity contribution in [2.75, 3.05) is 32.6 Å². The molecule has 1 heterocycles. The number of hydrogen-bond acceptors (Lipinski definition) is 5. The minimum Gasteiger partial charge on any atom is -0.493 e. The van der Waals surface area contributed by atoms with Crippen LogP contribution in [0, 0.1) is 0 Å². The normalized spacial score (nSPS) is 14.6. The number of hydrogen-bond donors (Lipinski definition) is 3. The summed E-state index contributed by atoms with van der Waals surface area (Å²) in [6.07, 6.45) is 1.58. The molecule has 4 amide bonds. The summed E-state index contributed by atoms with van der Waals surface area (Å²) in [6.45, 7) is 2.45. The van der Waals surface area contributed by atoms with Crippen molar-refractivity contribution < 1.29 is 23.9 Å². The number of methoxy groups -OCH3 is 2. The van der Waals surface area contributed by atoms with Gasteiger partial charge in [-0.2, -0.15) is 0 Å². The quantitative estimate of drug-likeness (QED) is 0.552. The van der Waals surface area contributed by atoms with E-state index < -0.39 is 6.04 Å². The molecule has 3 N–H and O–H groups in total. The minimum atomic E-state index is -0.727. The Bertz CT molecular complexity index is 990. The van der Waals surface area contributed by atoms with Crippen molar-refractivity contribution in [1.82, 2.24) is 15.5 Å². The Labute approximate surface area is 199 Å². The molecule has 0 spiro atoms. The molecule has 2 aromatic carbocycles. The van der Waals surface area contributed by atoms with Gasteiger partial charge in [0.05, 0.1) is 14.2 Å². The smallest absolute Gasteiger partial charge is 0.321 e. The number of carbonyl (C=O) groups excluding carboxylic acids is 3. The Balaban J connectivity index is 1.55. The van der Waals surface area contributed by atoms with Gasteiger partial charge in [0.1, 0.15) is 6.04 Å². The summed E-state index contributed by atoms with van der Waals surface area (Å²) in [4.78, 5) is 39.0. The predicted octanol–water partition coefficient (Wildman–Crippen LogP) is 2.56. The molecule has 1 unspecified atom stereocenters. The van der Waals surface area contributed by atoms with Gasteiger partial charge in [-0.15, -0.1) is 0 Å². The summed E-state index contributed by atoms with van der Waals surface area (Å²) >= 11 is 0. The number of amides is 4. The number of nitrogens with zero attached hydrogens (tertiary/aromatic N) is 1. The summed E-state index contributed by atoms with van der Waals surface area (Å²) in [7, 11) is 3.10. The average Bonchev–Trinajstić information content (AvgIpc) is 2.84. The number of ether oxygens (including phenoxy) is 2. The van der Waals surface area contributed by atoms with E-state index in [9.17, 15) is 14.4 Å². The lowest BCUT2D eigenvalue weighted by Crippen LogP contribution is -2.53. The molecule has 0 saturated carbocycles. The molecule has 9 nitrogen and oxygen atoms in total. The number of benzene rings is 2. The molecule has 1 aliphatic heterocycles. The molecule has 2 aromatic rings. The standard InChI is InChI=1S/C25H32N4O5/c1-17(30)26-21(15-18-9-10-22(33-2)23(16-18)34-3)24(31)27-20-11-13-29(14-12-20)25(32)28-19-7-5-4-6-8-19/h4-10,16,20-21H,11-15H2,1-3H3,(H,26,30)(H,27,31)(H,28,32). The third-order valence-electron chi connectivity index (χ3n) is 5.74. The molecule has 182 valence electrons. The van der Waals surface area contributed by atoms with E-state index >= 15 is 0 Å². The molecule has 1 aliphatic rings. The van der Waals surface area contributed by atoms with Crippen molar-refractivity contribution >= 4 is 23.5 Å². The molecule has 34 heavy (non-hydrogen) atoms. The van der Waals surface area contributed by atoms with Gasteiger partial charge in [-0.05, 0) is 42.7 Å². The van der Waals surface area contributed by atoms with Gasteiger partial charge >= 0.3 is 6.03 Å². The van der Waals surface area contributed by atoms with Gasteiger partial charge in [-0.25, -0.2) is 4.79 Å². The molecule has 1 fully saturated rings. The van der Waals surface area contributed by atoms with Gasteiger partial charge in [0.2, 0.25) is 11.8 Å². The van der Waals surface area contributed by atoms with E-state index in [4.69, 9.17) is 9.47 Å². The van der Waals surface area contributed by atoms with E-state index in [2.05, 4.69) is 16.0 Å². The number of rotatable bonds is 8. The van der Waals surface area contributed by atoms with Crippen molar-refractivity contribution in [3.8, 4) is 11.5 Å². The van der Waals surface area contributed by atoms with Gasteiger partial charge in [-0.1, -0.05) is 24.3 Å². The van der Waals surface area contributed by atoms with E-state index in [0.717, 1.165) is 11.3 Å². The Kier molecular flexibility index (Phi) is 8.73. The molecular weight excluding hydrogens is 436 g/mol. The molecule has 0 bridgehead atoms. The van der Waals surface area contributed by atoms with Crippen LogP contribution in [0.4, 0.5) is 10.5 Å². The van der Waals surface area contributed by atoms with Gasteiger partial charge in [0, 0.05) is 38.2 Å². The number of urea groups is 1. The second-order valence-electron chi connectivity index (χ2n) is 8.21. The maximum Gasteiger partial charge on any atom is 0.321 e. The first kappa shape index (κ1) is 24.9. The lowest BCUT2D eigenvalue weighted by atomic mass is 10.0. The maximum atomic E-state index is 13.0. The highest BCUT2D eigenvalue weighted by Crippen LogP contribution is 2.28. The third kappa shape index (κ3) is 6.87. The number of piperidine rings is 1. The van der Waals surface area contributed by atoms with E-state index in [1.54, 1.807) is 31.3 Å². The molecule has 3 rings (SSSR count). The summed E-state index contributed by atoms with van der Waals surface area (Å²) < 4.78 is 10.6. The fourth-order valence-electron chi connectivity index (χ4n) is 3.95. The van der Waals surface area contributed by atoms with Crippen molar-refractivity contribution in [3.05, 3.63) is 54.1 Å². The van der Waals surface area contributed by atoms with Crippen LogP contribution in [-0.2, 0) is 16.0 Å². The highest BCUT2D eigenvalue weighted by atomic mass is 16.5. The van der Waals surface area contributed by atoms with E-state index in [1.165, 1.54) is 6.92 Å². The predicted molar refractivity (Wildman–Crippen MR) is 129 cm³/mol. The number of para-hydroxylation sites is 1. The average molecular weight is 469 g/mol. The fraction of sp³-hybridized carbons (Fsp3) is 0.400. The van der Waals surface area contributed by atoms with E-state index in [1.807, 2.05) is 36.4 Å². The van der Waals surface area contributed by atoms with Crippen LogP contribution in [-0.4, -0.2) is 62.1 Å². The van der Waals surface area contributed by atoms with Crippen LogP contribution in [0.1, 0.15) is 25.3 Å². The highest BCUT2D eigenvalue weighted by molar-refractivity contribution is 5.89. The summed E-state index contributed by atoms with van der Waals surface area (Å²) in [6, 6.07) is 13.8. The van der Waals surface area contributed by atoms with Gasteiger partial charge in [-0.3, -0.25) is 9.59 Å². The fourth-order valence-corrected chi connectivity index (χ4v) is 3.95. The SMILES string of the molecule is COc1ccc(CC(NC(C)=O)C(=O)NC2CCN(C(=O)Nc3ccccc3)CC2)cc1OC. The molecule has 9 heteroatoms. The third-order valence-corrected chi connectivity index (χ3v) is 5.74. The Morgan fingerprint density at radius 2 is 1.68 bits per heavy atom. The van der Waals surface area contributed by atoms with Crippen LogP contribution < -0.4 is 25.4 Å². The summed E-state index contributed by atoms with van der Waals surface area (Å²) in [5.41, 5.74) is 1.58. The zero-order valence-electron chi connectivity index (χ0n) is 19.8. The van der Waals surface area contributed by atoms with Gasteiger partial charge < -0.3 is 30.3 Å². The first-order valence-corrected chi connectivity index (χ1v) is 11.3. The number of likely N-dealkylation sites (tertiary alicyclic amines) is 1. The Morgan fingerprint density at radius 1 is 1.00 bits per heavy atom. The van der Waals surface area contributed by atoms with E-state index in [-0.39, 0.29) is 23.9 Å². The topological polar surface area (TPSA) is 109 Å². The van der Waals surface area contributed by atoms with Crippen molar-refractivity contribution in [3.63, 3.8) is 0 Å². The molecule has 1 atom stereocenters. The number of carbonyl (C=O) groups is 3. The van der Waals surface area contributed by atoms with Crippen LogP contribution in [0.3, 0.4) is 0 Å². The van der Waals surface area contributed by atoms with Crippen molar-refractivity contribution in [2.24, 2.45) is 0 Å². The maximum absolute atomic E-state index is 13.0. The Hall–Kier alpha value is -3.75. The zero-order valence-corrected chi connectivity index (χ0v) is 19.8. The zero-order chi connectivity index (χ0) is 24.5. The first-order valence-electron chi connectivity index (χ1n) is 11.3. The lowest BCUT2D eigenvalue weighted by Gasteiger charge is -2.33. The number of anilines is 1. The van der Waals surface area contributed by atoms with Crippen molar-refractivity contribution in [2.45, 2.75) is 38.3 Å². The summed E-state index contributed by atoms with van der Waals surface area (Å²) in [5, 5.41) is 8.66. The molecule has 0 radical (unpaired) electrons. The molecule has 0 aliphatic carbocycles. The second-order valence-corrected chi connectivity index (χ2v) is 8.21. The highest BCUT2D eigenvalue weighted by Gasteiger charge is 2.27. The van der Waals surface area contributed by atoms with Crippen LogP contribution in [0.2, 0.25) is 0 Å².